The summed E-state index contributed by atoms with van der Waals surface area (Å²) in [5.74, 6) is 0.954. The van der Waals surface area contributed by atoms with Crippen molar-refractivity contribution in [2.24, 2.45) is 0 Å². The van der Waals surface area contributed by atoms with E-state index in [1.165, 1.54) is 40.4 Å². The molecule has 2 heteroatoms. The molecule has 1 aliphatic carbocycles. The van der Waals surface area contributed by atoms with Gasteiger partial charge in [-0.1, -0.05) is 28.1 Å². The Kier molecular flexibility index (Phi) is 4.11. The van der Waals surface area contributed by atoms with Crippen molar-refractivity contribution in [3.8, 4) is 5.75 Å². The number of halogens is 1. The van der Waals surface area contributed by atoms with Crippen LogP contribution >= 0.6 is 15.9 Å². The van der Waals surface area contributed by atoms with Crippen LogP contribution in [0, 0.1) is 0 Å². The van der Waals surface area contributed by atoms with Crippen LogP contribution in [0.3, 0.4) is 0 Å². The van der Waals surface area contributed by atoms with Crippen molar-refractivity contribution in [3.05, 3.63) is 63.1 Å². The number of ether oxygens (including phenoxy) is 1. The van der Waals surface area contributed by atoms with E-state index in [-0.39, 0.29) is 0 Å². The molecule has 0 aliphatic heterocycles. The molecule has 1 nitrogen and oxygen atoms in total. The van der Waals surface area contributed by atoms with Crippen molar-refractivity contribution in [3.63, 3.8) is 0 Å². The van der Waals surface area contributed by atoms with Crippen molar-refractivity contribution in [1.82, 2.24) is 0 Å². The highest BCUT2D eigenvalue weighted by atomic mass is 79.9. The fourth-order valence-corrected chi connectivity index (χ4v) is 3.56. The van der Waals surface area contributed by atoms with Crippen molar-refractivity contribution in [2.45, 2.75) is 32.6 Å². The summed E-state index contributed by atoms with van der Waals surface area (Å²) >= 11 is 3.64. The molecule has 0 atom stereocenters. The number of rotatable bonds is 4. The molecule has 0 amide bonds. The summed E-state index contributed by atoms with van der Waals surface area (Å²) in [4.78, 5) is 0. The van der Waals surface area contributed by atoms with Crippen LogP contribution < -0.4 is 4.74 Å². The SMILES string of the molecule is CCOc1ccc(Cc2cc(Br)cc3c2CCC3)cc1. The minimum atomic E-state index is 0.721. The zero-order chi connectivity index (χ0) is 13.9. The Balaban J connectivity index is 1.84. The molecule has 20 heavy (non-hydrogen) atoms. The monoisotopic (exact) mass is 330 g/mol. The van der Waals surface area contributed by atoms with Crippen molar-refractivity contribution in [2.75, 3.05) is 6.61 Å². The molecule has 0 radical (unpaired) electrons. The number of benzene rings is 2. The van der Waals surface area contributed by atoms with E-state index in [0.29, 0.717) is 0 Å². The average molecular weight is 331 g/mol. The van der Waals surface area contributed by atoms with Gasteiger partial charge in [0.2, 0.25) is 0 Å². The Morgan fingerprint density at radius 2 is 1.90 bits per heavy atom. The summed E-state index contributed by atoms with van der Waals surface area (Å²) in [7, 11) is 0. The predicted molar refractivity (Wildman–Crippen MR) is 86.6 cm³/mol. The molecule has 0 saturated carbocycles. The minimum Gasteiger partial charge on any atom is -0.494 e. The van der Waals surface area contributed by atoms with Gasteiger partial charge in [-0.15, -0.1) is 0 Å². The standard InChI is InChI=1S/C18H19BrO/c1-2-20-17-8-6-13(7-9-17)10-15-12-16(19)11-14-4-3-5-18(14)15/h6-9,11-12H,2-5,10H2,1H3. The van der Waals surface area contributed by atoms with Crippen LogP contribution in [-0.4, -0.2) is 6.61 Å². The maximum absolute atomic E-state index is 5.50. The molecular formula is C18H19BrO. The highest BCUT2D eigenvalue weighted by molar-refractivity contribution is 9.10. The Morgan fingerprint density at radius 3 is 2.65 bits per heavy atom. The Morgan fingerprint density at radius 1 is 1.10 bits per heavy atom. The molecule has 0 N–H and O–H groups in total. The first-order valence-corrected chi connectivity index (χ1v) is 8.07. The largest absolute Gasteiger partial charge is 0.494 e. The van der Waals surface area contributed by atoms with Crippen molar-refractivity contribution >= 4 is 15.9 Å². The molecule has 0 unspecified atom stereocenters. The van der Waals surface area contributed by atoms with E-state index in [1.807, 2.05) is 6.92 Å². The maximum Gasteiger partial charge on any atom is 0.119 e. The number of hydrogen-bond donors (Lipinski definition) is 0. The highest BCUT2D eigenvalue weighted by Gasteiger charge is 2.15. The van der Waals surface area contributed by atoms with Crippen molar-refractivity contribution in [1.29, 1.82) is 0 Å². The molecule has 1 aliphatic rings. The van der Waals surface area contributed by atoms with E-state index < -0.39 is 0 Å². The van der Waals surface area contributed by atoms with Gasteiger partial charge >= 0.3 is 0 Å². The average Bonchev–Trinajstić information content (AvgIpc) is 2.89. The van der Waals surface area contributed by atoms with Crippen LogP contribution in [0.5, 0.6) is 5.75 Å². The van der Waals surface area contributed by atoms with Crippen LogP contribution in [0.4, 0.5) is 0 Å². The van der Waals surface area contributed by atoms with Gasteiger partial charge < -0.3 is 4.74 Å². The molecule has 0 aromatic heterocycles. The third kappa shape index (κ3) is 2.90. The molecule has 104 valence electrons. The van der Waals surface area contributed by atoms with E-state index >= 15 is 0 Å². The topological polar surface area (TPSA) is 9.23 Å². The summed E-state index contributed by atoms with van der Waals surface area (Å²) in [5, 5.41) is 0. The third-order valence-corrected chi connectivity index (χ3v) is 4.36. The van der Waals surface area contributed by atoms with E-state index in [9.17, 15) is 0 Å². The lowest BCUT2D eigenvalue weighted by molar-refractivity contribution is 0.340. The van der Waals surface area contributed by atoms with Crippen LogP contribution in [0.2, 0.25) is 0 Å². The van der Waals surface area contributed by atoms with Crippen LogP contribution in [-0.2, 0) is 19.3 Å². The summed E-state index contributed by atoms with van der Waals surface area (Å²) < 4.78 is 6.70. The van der Waals surface area contributed by atoms with Crippen LogP contribution in [0.25, 0.3) is 0 Å². The van der Waals surface area contributed by atoms with Gasteiger partial charge in [0, 0.05) is 4.47 Å². The number of hydrogen-bond acceptors (Lipinski definition) is 1. The zero-order valence-electron chi connectivity index (χ0n) is 11.8. The molecule has 2 aromatic carbocycles. The van der Waals surface area contributed by atoms with Gasteiger partial charge in [0.25, 0.3) is 0 Å². The summed E-state index contributed by atoms with van der Waals surface area (Å²) in [6, 6.07) is 13.0. The minimum absolute atomic E-state index is 0.721. The summed E-state index contributed by atoms with van der Waals surface area (Å²) in [5.41, 5.74) is 5.92. The fraction of sp³-hybridized carbons (Fsp3) is 0.333. The first-order valence-electron chi connectivity index (χ1n) is 7.28. The smallest absolute Gasteiger partial charge is 0.119 e. The van der Waals surface area contributed by atoms with Gasteiger partial charge in [-0.2, -0.15) is 0 Å². The quantitative estimate of drug-likeness (QED) is 0.772. The first-order chi connectivity index (χ1) is 9.76. The van der Waals surface area contributed by atoms with Gasteiger partial charge in [-0.3, -0.25) is 0 Å². The van der Waals surface area contributed by atoms with Crippen molar-refractivity contribution < 1.29 is 4.74 Å². The second kappa shape index (κ2) is 6.01. The summed E-state index contributed by atoms with van der Waals surface area (Å²) in [6.45, 7) is 2.73. The van der Waals surface area contributed by atoms with Gasteiger partial charge in [-0.25, -0.2) is 0 Å². The number of aryl methyl sites for hydroxylation is 1. The van der Waals surface area contributed by atoms with Gasteiger partial charge in [-0.05, 0) is 79.1 Å². The van der Waals surface area contributed by atoms with E-state index in [2.05, 4.69) is 52.3 Å². The van der Waals surface area contributed by atoms with Crippen LogP contribution in [0.15, 0.2) is 40.9 Å². The first kappa shape index (κ1) is 13.7. The lowest BCUT2D eigenvalue weighted by atomic mass is 9.97. The van der Waals surface area contributed by atoms with Gasteiger partial charge in [0.05, 0.1) is 6.61 Å². The molecule has 3 rings (SSSR count). The zero-order valence-corrected chi connectivity index (χ0v) is 13.4. The highest BCUT2D eigenvalue weighted by Crippen LogP contribution is 2.30. The second-order valence-electron chi connectivity index (χ2n) is 5.31. The maximum atomic E-state index is 5.50. The van der Waals surface area contributed by atoms with Gasteiger partial charge in [0.1, 0.15) is 5.75 Å². The molecule has 0 spiro atoms. The van der Waals surface area contributed by atoms with Gasteiger partial charge in [0.15, 0.2) is 0 Å². The Labute approximate surface area is 129 Å². The third-order valence-electron chi connectivity index (χ3n) is 3.90. The normalized spacial score (nSPS) is 13.3. The van der Waals surface area contributed by atoms with Crippen LogP contribution in [0.1, 0.15) is 35.6 Å². The number of fused-ring (bicyclic) bond motifs is 1. The molecule has 0 saturated heterocycles. The molecule has 2 aromatic rings. The lowest BCUT2D eigenvalue weighted by Gasteiger charge is -2.10. The Hall–Kier alpha value is -1.28. The Bertz CT molecular complexity index is 602. The molecular weight excluding hydrogens is 312 g/mol. The lowest BCUT2D eigenvalue weighted by Crippen LogP contribution is -1.96. The van der Waals surface area contributed by atoms with E-state index in [1.54, 1.807) is 5.56 Å². The molecule has 0 heterocycles. The molecule has 0 fully saturated rings. The summed E-state index contributed by atoms with van der Waals surface area (Å²) in [6.07, 6.45) is 4.76. The van der Waals surface area contributed by atoms with E-state index in [4.69, 9.17) is 4.74 Å². The molecule has 0 bridgehead atoms. The second-order valence-corrected chi connectivity index (χ2v) is 6.23. The fourth-order valence-electron chi connectivity index (χ4n) is 3.00. The predicted octanol–water partition coefficient (Wildman–Crippen LogP) is 4.93. The van der Waals surface area contributed by atoms with E-state index in [0.717, 1.165) is 18.8 Å².